The minimum atomic E-state index is -4.60. The summed E-state index contributed by atoms with van der Waals surface area (Å²) < 4.78 is 53.9. The fourth-order valence-electron chi connectivity index (χ4n) is 6.30. The monoisotopic (exact) mass is 790 g/mol. The van der Waals surface area contributed by atoms with Gasteiger partial charge < -0.3 is 34.3 Å². The fraction of sp³-hybridized carbons (Fsp3) is 0.878. The van der Waals surface area contributed by atoms with Gasteiger partial charge in [0.05, 0.1) is 6.61 Å². The van der Waals surface area contributed by atoms with Crippen molar-refractivity contribution in [2.24, 2.45) is 0 Å². The number of carbonyl (C=O) groups excluding carboxylic acids is 2. The van der Waals surface area contributed by atoms with E-state index in [4.69, 9.17) is 18.9 Å². The molecule has 6 atom stereocenters. The molecule has 316 valence electrons. The van der Waals surface area contributed by atoms with Gasteiger partial charge in [-0.15, -0.1) is 5.73 Å². The maximum Gasteiger partial charge on any atom is 0.306 e. The van der Waals surface area contributed by atoms with Crippen molar-refractivity contribution < 1.29 is 56.8 Å². The fourth-order valence-corrected chi connectivity index (χ4v) is 6.99. The largest absolute Gasteiger partial charge is 0.462 e. The van der Waals surface area contributed by atoms with E-state index in [0.717, 1.165) is 57.8 Å². The molecule has 4 N–H and O–H groups in total. The molecule has 1 fully saturated rings. The van der Waals surface area contributed by atoms with Gasteiger partial charge >= 0.3 is 11.9 Å². The molecule has 2 unspecified atom stereocenters. The molecule has 1 heterocycles. The predicted octanol–water partition coefficient (Wildman–Crippen LogP) is 7.66. The van der Waals surface area contributed by atoms with Gasteiger partial charge in [-0.3, -0.25) is 14.1 Å². The number of carbonyl (C=O) groups is 2. The van der Waals surface area contributed by atoms with Gasteiger partial charge in [0.15, 0.2) is 12.4 Å². The van der Waals surface area contributed by atoms with Crippen molar-refractivity contribution in [2.45, 2.75) is 211 Å². The van der Waals surface area contributed by atoms with Gasteiger partial charge in [0.25, 0.3) is 10.1 Å². The number of rotatable bonds is 34. The van der Waals surface area contributed by atoms with Crippen molar-refractivity contribution in [1.82, 2.24) is 0 Å². The van der Waals surface area contributed by atoms with E-state index in [-0.39, 0.29) is 19.4 Å². The first-order chi connectivity index (χ1) is 26.0. The Hall–Kier alpha value is -1.83. The van der Waals surface area contributed by atoms with E-state index in [1.807, 2.05) is 0 Å². The molecule has 1 rings (SSSR count). The molecule has 0 spiro atoms. The van der Waals surface area contributed by atoms with Crippen LogP contribution in [0.2, 0.25) is 0 Å². The van der Waals surface area contributed by atoms with Gasteiger partial charge in [0, 0.05) is 12.8 Å². The van der Waals surface area contributed by atoms with Crippen molar-refractivity contribution in [2.75, 3.05) is 19.0 Å². The number of esters is 2. The minimum absolute atomic E-state index is 0.147. The Labute approximate surface area is 326 Å². The van der Waals surface area contributed by atoms with Crippen molar-refractivity contribution >= 4 is 22.1 Å². The second-order valence-corrected chi connectivity index (χ2v) is 16.3. The van der Waals surface area contributed by atoms with E-state index in [9.17, 15) is 37.9 Å². The summed E-state index contributed by atoms with van der Waals surface area (Å²) in [5.74, 6) is -2.00. The molecule has 1 aliphatic rings. The molecule has 0 aromatic rings. The van der Waals surface area contributed by atoms with Gasteiger partial charge in [-0.1, -0.05) is 123 Å². The molecule has 12 nitrogen and oxygen atoms in total. The molecule has 13 heteroatoms. The van der Waals surface area contributed by atoms with Crippen LogP contribution < -0.4 is 0 Å². The summed E-state index contributed by atoms with van der Waals surface area (Å²) in [5.41, 5.74) is 3.27. The topological polar surface area (TPSA) is 186 Å². The van der Waals surface area contributed by atoms with Crippen LogP contribution in [0.3, 0.4) is 0 Å². The number of allylic oxidation sites excluding steroid dienone is 1. The third kappa shape index (κ3) is 26.9. The van der Waals surface area contributed by atoms with E-state index in [1.54, 1.807) is 0 Å². The lowest BCUT2D eigenvalue weighted by atomic mass is 10.00. The number of unbranched alkanes of at least 4 members (excludes halogenated alkanes) is 20. The second-order valence-electron chi connectivity index (χ2n) is 14.8. The Morgan fingerprint density at radius 3 is 1.61 bits per heavy atom. The smallest absolute Gasteiger partial charge is 0.306 e. The molecular formula is C41H74O12S. The molecule has 0 aliphatic carbocycles. The lowest BCUT2D eigenvalue weighted by Gasteiger charge is -2.40. The minimum Gasteiger partial charge on any atom is -0.462 e. The van der Waals surface area contributed by atoms with Gasteiger partial charge in [-0.25, -0.2) is 0 Å². The SMILES string of the molecule is CCCCCCCC=C=CCCCCCCCC(=O)O[C@H](COC(=O)CCCCCCCCCCCCC)CO[C@H]1O[C@H](CS(=O)(=O)O)[C@@H](O)C(O)C1O. The average Bonchev–Trinajstić information content (AvgIpc) is 3.13. The number of aliphatic hydroxyl groups excluding tert-OH is 3. The molecule has 0 bridgehead atoms. The summed E-state index contributed by atoms with van der Waals surface area (Å²) in [4.78, 5) is 25.3. The van der Waals surface area contributed by atoms with Gasteiger partial charge in [-0.2, -0.15) is 8.42 Å². The first-order valence-electron chi connectivity index (χ1n) is 21.0. The van der Waals surface area contributed by atoms with Gasteiger partial charge in [0.2, 0.25) is 0 Å². The van der Waals surface area contributed by atoms with Gasteiger partial charge in [0.1, 0.15) is 36.8 Å². The Kier molecular flexibility index (Phi) is 30.0. The zero-order valence-electron chi connectivity index (χ0n) is 33.4. The standard InChI is InChI=1S/C41H74O12S/c1-3-5-7-9-11-13-15-16-17-18-20-22-24-26-28-30-37(43)52-34(31-50-36(42)29-27-25-23-21-19-14-12-10-8-6-4-2)32-51-41-40(46)39(45)38(44)35(53-41)33-54(47,48)49/h15,17,34-35,38-41,44-46H,3-14,18-33H2,1-2H3,(H,47,48,49)/t16?,34-,35-,38-,39?,40?,41+/m1/s1. The van der Waals surface area contributed by atoms with E-state index in [0.29, 0.717) is 12.8 Å². The summed E-state index contributed by atoms with van der Waals surface area (Å²) in [6.07, 6.45) is 20.5. The second kappa shape index (κ2) is 32.3. The maximum atomic E-state index is 12.8. The van der Waals surface area contributed by atoms with Crippen LogP contribution in [-0.2, 0) is 38.7 Å². The first-order valence-corrected chi connectivity index (χ1v) is 22.6. The molecule has 0 radical (unpaired) electrons. The highest BCUT2D eigenvalue weighted by molar-refractivity contribution is 7.85. The van der Waals surface area contributed by atoms with Crippen LogP contribution in [0.1, 0.15) is 174 Å². The first kappa shape index (κ1) is 50.2. The third-order valence-corrected chi connectivity index (χ3v) is 10.4. The van der Waals surface area contributed by atoms with E-state index >= 15 is 0 Å². The van der Waals surface area contributed by atoms with Crippen LogP contribution in [0.15, 0.2) is 17.9 Å². The molecule has 0 aromatic heterocycles. The Bertz CT molecular complexity index is 1120. The van der Waals surface area contributed by atoms with Crippen LogP contribution in [-0.4, -0.2) is 96.0 Å². The molecule has 1 aliphatic heterocycles. The van der Waals surface area contributed by atoms with Crippen LogP contribution in [0.25, 0.3) is 0 Å². The molecule has 1 saturated heterocycles. The highest BCUT2D eigenvalue weighted by atomic mass is 32.2. The van der Waals surface area contributed by atoms with E-state index in [1.165, 1.54) is 77.0 Å². The normalized spacial score (nSPS) is 20.6. The summed E-state index contributed by atoms with van der Waals surface area (Å²) in [6.45, 7) is 3.70. The molecule has 54 heavy (non-hydrogen) atoms. The third-order valence-electron chi connectivity index (χ3n) is 9.62. The lowest BCUT2D eigenvalue weighted by molar-refractivity contribution is -0.297. The number of hydrogen-bond donors (Lipinski definition) is 4. The molecule has 0 saturated carbocycles. The zero-order chi connectivity index (χ0) is 39.9. The summed E-state index contributed by atoms with van der Waals surface area (Å²) in [7, 11) is -4.60. The number of aliphatic hydroxyl groups is 3. The van der Waals surface area contributed by atoms with Crippen LogP contribution >= 0.6 is 0 Å². The Morgan fingerprint density at radius 2 is 1.11 bits per heavy atom. The van der Waals surface area contributed by atoms with Crippen molar-refractivity contribution in [1.29, 1.82) is 0 Å². The van der Waals surface area contributed by atoms with Crippen LogP contribution in [0.5, 0.6) is 0 Å². The predicted molar refractivity (Wildman–Crippen MR) is 209 cm³/mol. The summed E-state index contributed by atoms with van der Waals surface area (Å²) >= 11 is 0. The van der Waals surface area contributed by atoms with Gasteiger partial charge in [-0.05, 0) is 50.7 Å². The Balaban J connectivity index is 2.51. The van der Waals surface area contributed by atoms with Crippen molar-refractivity contribution in [3.05, 3.63) is 17.9 Å². The van der Waals surface area contributed by atoms with E-state index in [2.05, 4.69) is 31.7 Å². The molecule has 0 amide bonds. The maximum absolute atomic E-state index is 12.8. The zero-order valence-corrected chi connectivity index (χ0v) is 34.2. The van der Waals surface area contributed by atoms with Crippen molar-refractivity contribution in [3.63, 3.8) is 0 Å². The van der Waals surface area contributed by atoms with Crippen LogP contribution in [0, 0.1) is 0 Å². The lowest BCUT2D eigenvalue weighted by Crippen LogP contribution is -2.60. The number of hydrogen-bond acceptors (Lipinski definition) is 11. The summed E-state index contributed by atoms with van der Waals surface area (Å²) in [6, 6.07) is 0. The highest BCUT2D eigenvalue weighted by Crippen LogP contribution is 2.24. The van der Waals surface area contributed by atoms with Crippen molar-refractivity contribution in [3.8, 4) is 0 Å². The van der Waals surface area contributed by atoms with E-state index < -0.39 is 71.2 Å². The number of ether oxygens (including phenoxy) is 4. The highest BCUT2D eigenvalue weighted by Gasteiger charge is 2.46. The summed E-state index contributed by atoms with van der Waals surface area (Å²) in [5, 5.41) is 30.8. The molecular weight excluding hydrogens is 717 g/mol. The van der Waals surface area contributed by atoms with Crippen LogP contribution in [0.4, 0.5) is 0 Å². The Morgan fingerprint density at radius 1 is 0.648 bits per heavy atom. The molecule has 0 aromatic carbocycles. The average molecular weight is 791 g/mol. The quantitative estimate of drug-likeness (QED) is 0.0216.